The Hall–Kier alpha value is -6.59. The van der Waals surface area contributed by atoms with Gasteiger partial charge >= 0.3 is 0 Å². The smallest absolute Gasteiger partial charge is 0.164 e. The Morgan fingerprint density at radius 1 is 0.312 bits per heavy atom. The molecule has 224 valence electrons. The molecule has 0 spiro atoms. The number of rotatable bonds is 4. The Labute approximate surface area is 274 Å². The second-order valence-electron chi connectivity index (χ2n) is 12.0. The fourth-order valence-electron chi connectivity index (χ4n) is 6.76. The summed E-state index contributed by atoms with van der Waals surface area (Å²) in [6, 6.07) is 51.7. The van der Waals surface area contributed by atoms with Crippen LogP contribution in [-0.4, -0.2) is 15.0 Å². The first-order chi connectivity index (χ1) is 23.7. The van der Waals surface area contributed by atoms with Crippen molar-refractivity contribution in [3.8, 4) is 45.3 Å². The van der Waals surface area contributed by atoms with Gasteiger partial charge in [0.05, 0.1) is 0 Å². The molecule has 0 fully saturated rings. The molecule has 0 amide bonds. The lowest BCUT2D eigenvalue weighted by Gasteiger charge is -2.10. The van der Waals surface area contributed by atoms with Crippen LogP contribution < -0.4 is 0 Å². The highest BCUT2D eigenvalue weighted by Gasteiger charge is 2.16. The number of hydrogen-bond donors (Lipinski definition) is 0. The molecule has 7 aromatic carbocycles. The van der Waals surface area contributed by atoms with Gasteiger partial charge < -0.3 is 8.83 Å². The number of fused-ring (bicyclic) bond motifs is 8. The van der Waals surface area contributed by atoms with E-state index in [-0.39, 0.29) is 0 Å². The molecule has 0 saturated carbocycles. The van der Waals surface area contributed by atoms with Crippen molar-refractivity contribution in [2.75, 3.05) is 0 Å². The molecule has 3 aromatic heterocycles. The number of para-hydroxylation sites is 2. The van der Waals surface area contributed by atoms with Gasteiger partial charge in [-0.15, -0.1) is 0 Å². The molecule has 10 aromatic rings. The van der Waals surface area contributed by atoms with E-state index in [2.05, 4.69) is 97.1 Å². The summed E-state index contributed by atoms with van der Waals surface area (Å²) in [7, 11) is 0. The third kappa shape index (κ3) is 4.29. The Morgan fingerprint density at radius 3 is 1.62 bits per heavy atom. The third-order valence-corrected chi connectivity index (χ3v) is 9.14. The zero-order valence-electron chi connectivity index (χ0n) is 25.6. The van der Waals surface area contributed by atoms with E-state index >= 15 is 0 Å². The molecule has 0 bridgehead atoms. The second-order valence-corrected chi connectivity index (χ2v) is 12.0. The normalized spacial score (nSPS) is 11.8. The van der Waals surface area contributed by atoms with Crippen molar-refractivity contribution in [1.82, 2.24) is 15.0 Å². The van der Waals surface area contributed by atoms with Gasteiger partial charge in [0, 0.05) is 38.2 Å². The van der Waals surface area contributed by atoms with E-state index in [1.807, 2.05) is 54.6 Å². The van der Waals surface area contributed by atoms with Crippen LogP contribution in [0.15, 0.2) is 160 Å². The van der Waals surface area contributed by atoms with Crippen molar-refractivity contribution in [3.05, 3.63) is 152 Å². The summed E-state index contributed by atoms with van der Waals surface area (Å²) in [6.45, 7) is 0. The summed E-state index contributed by atoms with van der Waals surface area (Å²) in [5.74, 6) is 1.83. The lowest BCUT2D eigenvalue weighted by molar-refractivity contribution is 0.668. The van der Waals surface area contributed by atoms with E-state index in [1.54, 1.807) is 0 Å². The molecule has 5 nitrogen and oxygen atoms in total. The number of nitrogens with zero attached hydrogens (tertiary/aromatic N) is 3. The lowest BCUT2D eigenvalue weighted by Crippen LogP contribution is -2.00. The molecule has 0 aliphatic heterocycles. The number of benzene rings is 7. The summed E-state index contributed by atoms with van der Waals surface area (Å²) in [6.07, 6.45) is 0. The molecular weight excluding hydrogens is 590 g/mol. The fourth-order valence-corrected chi connectivity index (χ4v) is 6.76. The van der Waals surface area contributed by atoms with Crippen molar-refractivity contribution in [2.24, 2.45) is 0 Å². The molecular formula is C43H25N3O2. The van der Waals surface area contributed by atoms with E-state index in [1.165, 1.54) is 0 Å². The van der Waals surface area contributed by atoms with Crippen LogP contribution in [0, 0.1) is 0 Å². The highest BCUT2D eigenvalue weighted by atomic mass is 16.3. The number of furan rings is 2. The second kappa shape index (κ2) is 10.5. The topological polar surface area (TPSA) is 65.0 Å². The Morgan fingerprint density at radius 2 is 0.833 bits per heavy atom. The van der Waals surface area contributed by atoms with Crippen molar-refractivity contribution in [1.29, 1.82) is 0 Å². The molecule has 48 heavy (non-hydrogen) atoms. The summed E-state index contributed by atoms with van der Waals surface area (Å²) in [5.41, 5.74) is 8.48. The maximum atomic E-state index is 6.15. The van der Waals surface area contributed by atoms with E-state index in [0.29, 0.717) is 17.5 Å². The molecule has 3 heterocycles. The van der Waals surface area contributed by atoms with Crippen LogP contribution in [0.3, 0.4) is 0 Å². The largest absolute Gasteiger partial charge is 0.456 e. The minimum Gasteiger partial charge on any atom is -0.456 e. The Bertz CT molecular complexity index is 2830. The van der Waals surface area contributed by atoms with Gasteiger partial charge in [-0.05, 0) is 64.4 Å². The molecule has 0 atom stereocenters. The van der Waals surface area contributed by atoms with E-state index < -0.39 is 0 Å². The van der Waals surface area contributed by atoms with Gasteiger partial charge in [0.15, 0.2) is 17.5 Å². The van der Waals surface area contributed by atoms with Crippen LogP contribution in [0.4, 0.5) is 0 Å². The average molecular weight is 616 g/mol. The molecule has 5 heteroatoms. The number of hydrogen-bond acceptors (Lipinski definition) is 5. The minimum atomic E-state index is 0.602. The van der Waals surface area contributed by atoms with Crippen LogP contribution in [0.1, 0.15) is 0 Å². The lowest BCUT2D eigenvalue weighted by atomic mass is 10.0. The van der Waals surface area contributed by atoms with Crippen LogP contribution >= 0.6 is 0 Å². The van der Waals surface area contributed by atoms with Gasteiger partial charge in [-0.2, -0.15) is 0 Å². The monoisotopic (exact) mass is 615 g/mol. The maximum Gasteiger partial charge on any atom is 0.164 e. The quantitative estimate of drug-likeness (QED) is 0.197. The predicted octanol–water partition coefficient (Wildman–Crippen LogP) is 11.5. The van der Waals surface area contributed by atoms with Crippen molar-refractivity contribution >= 4 is 54.6 Å². The van der Waals surface area contributed by atoms with Crippen LogP contribution in [0.25, 0.3) is 99.9 Å². The summed E-state index contributed by atoms with van der Waals surface area (Å²) in [5, 5.41) is 6.54. The highest BCUT2D eigenvalue weighted by Crippen LogP contribution is 2.37. The molecule has 0 N–H and O–H groups in total. The van der Waals surface area contributed by atoms with Gasteiger partial charge in [-0.25, -0.2) is 15.0 Å². The third-order valence-electron chi connectivity index (χ3n) is 9.14. The van der Waals surface area contributed by atoms with Gasteiger partial charge in [-0.1, -0.05) is 109 Å². The van der Waals surface area contributed by atoms with Gasteiger partial charge in [0.25, 0.3) is 0 Å². The summed E-state index contributed by atoms with van der Waals surface area (Å²) in [4.78, 5) is 15.2. The first-order valence-corrected chi connectivity index (χ1v) is 15.9. The van der Waals surface area contributed by atoms with E-state index in [9.17, 15) is 0 Å². The average Bonchev–Trinajstić information content (AvgIpc) is 3.73. The molecule has 10 rings (SSSR count). The highest BCUT2D eigenvalue weighted by molar-refractivity contribution is 6.19. The summed E-state index contributed by atoms with van der Waals surface area (Å²) < 4.78 is 12.3. The zero-order chi connectivity index (χ0) is 31.6. The Kier molecular flexibility index (Phi) is 5.81. The SMILES string of the molecule is c1ccc(-c2ccc(-c3nc(-c4ccc5c(ccc6oc7ccccc7c65)c4)nc(-c4ccc5oc6ccccc6c5c4)n3)cc2)cc1. The predicted molar refractivity (Wildman–Crippen MR) is 194 cm³/mol. The van der Waals surface area contributed by atoms with Gasteiger partial charge in [-0.3, -0.25) is 0 Å². The van der Waals surface area contributed by atoms with Crippen LogP contribution in [0.5, 0.6) is 0 Å². The first-order valence-electron chi connectivity index (χ1n) is 15.9. The summed E-state index contributed by atoms with van der Waals surface area (Å²) >= 11 is 0. The van der Waals surface area contributed by atoms with Crippen LogP contribution in [-0.2, 0) is 0 Å². The van der Waals surface area contributed by atoms with Gasteiger partial charge in [0.2, 0.25) is 0 Å². The molecule has 0 unspecified atom stereocenters. The van der Waals surface area contributed by atoms with Crippen molar-refractivity contribution in [3.63, 3.8) is 0 Å². The van der Waals surface area contributed by atoms with Crippen molar-refractivity contribution < 1.29 is 8.83 Å². The van der Waals surface area contributed by atoms with E-state index in [4.69, 9.17) is 23.8 Å². The Balaban J connectivity index is 1.15. The molecule has 0 aliphatic rings. The molecule has 0 aliphatic carbocycles. The maximum absolute atomic E-state index is 6.15. The van der Waals surface area contributed by atoms with Gasteiger partial charge in [0.1, 0.15) is 22.3 Å². The molecule has 0 saturated heterocycles. The fraction of sp³-hybridized carbons (Fsp3) is 0. The standard InChI is InChI=1S/C43H25N3O2/c1-2-8-26(9-3-1)27-14-16-28(17-15-27)41-44-42(46-43(45-41)31-20-22-38-35(25-31)33-10-4-6-12-36(33)47-38)30-18-21-32-29(24-30)19-23-39-40(32)34-11-5-7-13-37(34)48-39/h1-25H. The van der Waals surface area contributed by atoms with Crippen LogP contribution in [0.2, 0.25) is 0 Å². The number of aromatic nitrogens is 3. The zero-order valence-corrected chi connectivity index (χ0v) is 25.6. The molecule has 0 radical (unpaired) electrons. The van der Waals surface area contributed by atoms with E-state index in [0.717, 1.165) is 82.5 Å². The van der Waals surface area contributed by atoms with Crippen molar-refractivity contribution in [2.45, 2.75) is 0 Å². The minimum absolute atomic E-state index is 0.602. The first kappa shape index (κ1) is 26.6.